The zero-order valence-corrected chi connectivity index (χ0v) is 10.9. The van der Waals surface area contributed by atoms with E-state index >= 15 is 0 Å². The molecule has 1 rings (SSSR count). The Hall–Kier alpha value is -2.04. The van der Waals surface area contributed by atoms with E-state index in [2.05, 4.69) is 0 Å². The van der Waals surface area contributed by atoms with Crippen LogP contribution < -0.4 is 4.90 Å². The minimum absolute atomic E-state index is 0.304. The third-order valence-corrected chi connectivity index (χ3v) is 2.65. The van der Waals surface area contributed by atoms with Crippen LogP contribution in [0.3, 0.4) is 0 Å². The van der Waals surface area contributed by atoms with Crippen molar-refractivity contribution in [1.29, 1.82) is 0 Å². The Bertz CT molecular complexity index is 446. The SMILES string of the molecule is CCN(C(=O)N(C)CC(=O)O)c1ccccc1C. The molecule has 98 valence electrons. The molecule has 0 saturated carbocycles. The second-order valence-electron chi connectivity index (χ2n) is 4.06. The fraction of sp³-hybridized carbons (Fsp3) is 0.385. The highest BCUT2D eigenvalue weighted by Crippen LogP contribution is 2.20. The van der Waals surface area contributed by atoms with Gasteiger partial charge in [0.2, 0.25) is 0 Å². The van der Waals surface area contributed by atoms with Crippen LogP contribution in [0.2, 0.25) is 0 Å². The first-order chi connectivity index (χ1) is 8.47. The summed E-state index contributed by atoms with van der Waals surface area (Å²) in [5.41, 5.74) is 1.79. The highest BCUT2D eigenvalue weighted by Gasteiger charge is 2.20. The van der Waals surface area contributed by atoms with Gasteiger partial charge in [-0.1, -0.05) is 18.2 Å². The van der Waals surface area contributed by atoms with E-state index < -0.39 is 5.97 Å². The quantitative estimate of drug-likeness (QED) is 0.888. The van der Waals surface area contributed by atoms with E-state index in [9.17, 15) is 9.59 Å². The van der Waals surface area contributed by atoms with Gasteiger partial charge in [-0.3, -0.25) is 9.69 Å². The molecule has 2 amide bonds. The first-order valence-electron chi connectivity index (χ1n) is 5.77. The van der Waals surface area contributed by atoms with Gasteiger partial charge in [-0.25, -0.2) is 4.79 Å². The molecule has 0 aliphatic rings. The third kappa shape index (κ3) is 3.23. The van der Waals surface area contributed by atoms with Crippen molar-refractivity contribution in [3.63, 3.8) is 0 Å². The number of carbonyl (C=O) groups is 2. The largest absolute Gasteiger partial charge is 0.480 e. The Morgan fingerprint density at radius 2 is 1.89 bits per heavy atom. The summed E-state index contributed by atoms with van der Waals surface area (Å²) in [5, 5.41) is 8.70. The molecule has 0 aromatic heterocycles. The van der Waals surface area contributed by atoms with Gasteiger partial charge >= 0.3 is 12.0 Å². The normalized spacial score (nSPS) is 9.94. The number of benzene rings is 1. The number of hydrogen-bond donors (Lipinski definition) is 1. The van der Waals surface area contributed by atoms with Crippen LogP contribution in [0.15, 0.2) is 24.3 Å². The van der Waals surface area contributed by atoms with Crippen LogP contribution in [-0.2, 0) is 4.79 Å². The molecule has 1 N–H and O–H groups in total. The Balaban J connectivity index is 2.93. The Labute approximate surface area is 107 Å². The molecule has 0 unspecified atom stereocenters. The van der Waals surface area contributed by atoms with Crippen LogP contribution in [0, 0.1) is 6.92 Å². The van der Waals surface area contributed by atoms with Gasteiger partial charge in [-0.05, 0) is 25.5 Å². The maximum Gasteiger partial charge on any atom is 0.324 e. The lowest BCUT2D eigenvalue weighted by Gasteiger charge is -2.27. The standard InChI is InChI=1S/C13H18N2O3/c1-4-15(11-8-6-5-7-10(11)2)13(18)14(3)9-12(16)17/h5-8H,4,9H2,1-3H3,(H,16,17). The Kier molecular flexibility index (Phi) is 4.71. The van der Waals surface area contributed by atoms with Gasteiger partial charge < -0.3 is 10.0 Å². The summed E-state index contributed by atoms with van der Waals surface area (Å²) in [4.78, 5) is 25.5. The Morgan fingerprint density at radius 3 is 2.39 bits per heavy atom. The summed E-state index contributed by atoms with van der Waals surface area (Å²) in [5.74, 6) is -1.02. The molecule has 0 radical (unpaired) electrons. The first kappa shape index (κ1) is 14.0. The number of hydrogen-bond acceptors (Lipinski definition) is 2. The van der Waals surface area contributed by atoms with Crippen molar-refractivity contribution in [3.05, 3.63) is 29.8 Å². The minimum Gasteiger partial charge on any atom is -0.480 e. The number of nitrogens with zero attached hydrogens (tertiary/aromatic N) is 2. The van der Waals surface area contributed by atoms with Crippen LogP contribution in [0.4, 0.5) is 10.5 Å². The second-order valence-corrected chi connectivity index (χ2v) is 4.06. The van der Waals surface area contributed by atoms with Crippen molar-refractivity contribution in [1.82, 2.24) is 4.90 Å². The average molecular weight is 250 g/mol. The lowest BCUT2D eigenvalue weighted by Crippen LogP contribution is -2.43. The van der Waals surface area contributed by atoms with Crippen molar-refractivity contribution in [2.45, 2.75) is 13.8 Å². The van der Waals surface area contributed by atoms with E-state index in [4.69, 9.17) is 5.11 Å². The molecule has 1 aromatic carbocycles. The van der Waals surface area contributed by atoms with Gasteiger partial charge in [0.05, 0.1) is 0 Å². The first-order valence-corrected chi connectivity index (χ1v) is 5.77. The summed E-state index contributed by atoms with van der Waals surface area (Å²) in [7, 11) is 1.48. The lowest BCUT2D eigenvalue weighted by atomic mass is 10.2. The number of rotatable bonds is 4. The van der Waals surface area contributed by atoms with Crippen molar-refractivity contribution < 1.29 is 14.7 Å². The van der Waals surface area contributed by atoms with Crippen LogP contribution in [0.1, 0.15) is 12.5 Å². The predicted molar refractivity (Wildman–Crippen MR) is 69.9 cm³/mol. The molecule has 0 bridgehead atoms. The summed E-state index contributed by atoms with van der Waals surface area (Å²) >= 11 is 0. The number of carboxylic acid groups (broad SMARTS) is 1. The van der Waals surface area contributed by atoms with Crippen molar-refractivity contribution in [3.8, 4) is 0 Å². The van der Waals surface area contributed by atoms with Gasteiger partial charge in [-0.15, -0.1) is 0 Å². The van der Waals surface area contributed by atoms with Crippen LogP contribution in [0.5, 0.6) is 0 Å². The summed E-state index contributed by atoms with van der Waals surface area (Å²) < 4.78 is 0. The van der Waals surface area contributed by atoms with Crippen molar-refractivity contribution in [2.75, 3.05) is 25.0 Å². The number of amides is 2. The fourth-order valence-electron chi connectivity index (χ4n) is 1.75. The molecule has 0 spiro atoms. The molecule has 18 heavy (non-hydrogen) atoms. The van der Waals surface area contributed by atoms with E-state index in [0.717, 1.165) is 11.3 Å². The number of anilines is 1. The fourth-order valence-corrected chi connectivity index (χ4v) is 1.75. The maximum absolute atomic E-state index is 12.2. The maximum atomic E-state index is 12.2. The van der Waals surface area contributed by atoms with E-state index in [1.165, 1.54) is 11.9 Å². The highest BCUT2D eigenvalue weighted by atomic mass is 16.4. The van der Waals surface area contributed by atoms with Crippen molar-refractivity contribution in [2.24, 2.45) is 0 Å². The lowest BCUT2D eigenvalue weighted by molar-refractivity contribution is -0.137. The monoisotopic (exact) mass is 250 g/mol. The number of para-hydroxylation sites is 1. The number of aryl methyl sites for hydroxylation is 1. The van der Waals surface area contributed by atoms with E-state index in [1.807, 2.05) is 38.1 Å². The van der Waals surface area contributed by atoms with Crippen LogP contribution in [0.25, 0.3) is 0 Å². The van der Waals surface area contributed by atoms with Crippen molar-refractivity contribution >= 4 is 17.7 Å². The van der Waals surface area contributed by atoms with Gasteiger partial charge in [-0.2, -0.15) is 0 Å². The molecule has 1 aromatic rings. The van der Waals surface area contributed by atoms with Gasteiger partial charge in [0, 0.05) is 19.3 Å². The smallest absolute Gasteiger partial charge is 0.324 e. The molecule has 0 fully saturated rings. The topological polar surface area (TPSA) is 60.9 Å². The van der Waals surface area contributed by atoms with Gasteiger partial charge in [0.25, 0.3) is 0 Å². The number of carbonyl (C=O) groups excluding carboxylic acids is 1. The molecule has 0 saturated heterocycles. The molecule has 0 aliphatic heterocycles. The van der Waals surface area contributed by atoms with E-state index in [-0.39, 0.29) is 12.6 Å². The number of likely N-dealkylation sites (N-methyl/N-ethyl adjacent to an activating group) is 1. The van der Waals surface area contributed by atoms with E-state index in [1.54, 1.807) is 4.90 Å². The highest BCUT2D eigenvalue weighted by molar-refractivity contribution is 5.94. The second kappa shape index (κ2) is 6.05. The third-order valence-electron chi connectivity index (χ3n) is 2.65. The van der Waals surface area contributed by atoms with Gasteiger partial charge in [0.1, 0.15) is 6.54 Å². The summed E-state index contributed by atoms with van der Waals surface area (Å²) in [6, 6.07) is 7.22. The molecule has 0 heterocycles. The number of carboxylic acids is 1. The van der Waals surface area contributed by atoms with Crippen LogP contribution in [-0.4, -0.2) is 42.1 Å². The predicted octanol–water partition coefficient (Wildman–Crippen LogP) is 1.96. The van der Waals surface area contributed by atoms with Gasteiger partial charge in [0.15, 0.2) is 0 Å². The zero-order chi connectivity index (χ0) is 13.7. The number of aliphatic carboxylic acids is 1. The molecular weight excluding hydrogens is 232 g/mol. The van der Waals surface area contributed by atoms with E-state index in [0.29, 0.717) is 6.54 Å². The van der Waals surface area contributed by atoms with Crippen LogP contribution >= 0.6 is 0 Å². The Morgan fingerprint density at radius 1 is 1.28 bits per heavy atom. The zero-order valence-electron chi connectivity index (χ0n) is 10.9. The average Bonchev–Trinajstić information content (AvgIpc) is 2.31. The minimum atomic E-state index is -1.02. The molecule has 5 nitrogen and oxygen atoms in total. The molecule has 0 aliphatic carbocycles. The molecule has 0 atom stereocenters. The number of urea groups is 1. The summed E-state index contributed by atoms with van der Waals surface area (Å²) in [6.07, 6.45) is 0. The molecular formula is C13H18N2O3. The summed E-state index contributed by atoms with van der Waals surface area (Å²) in [6.45, 7) is 3.97. The molecule has 5 heteroatoms.